The molecule has 1 atom stereocenters. The van der Waals surface area contributed by atoms with Gasteiger partial charge >= 0.3 is 51.4 Å². The maximum Gasteiger partial charge on any atom is 1.00 e. The average Bonchev–Trinajstić information content (AvgIpc) is 2.20. The third kappa shape index (κ3) is 6.28. The van der Waals surface area contributed by atoms with Gasteiger partial charge in [-0.25, -0.2) is 0 Å². The van der Waals surface area contributed by atoms with E-state index in [4.69, 9.17) is 5.11 Å². The third-order valence-corrected chi connectivity index (χ3v) is 1.63. The fraction of sp³-hybridized carbons (Fsp3) is 1.00. The molecule has 1 aliphatic rings. The second kappa shape index (κ2) is 8.65. The maximum atomic E-state index is 8.25. The summed E-state index contributed by atoms with van der Waals surface area (Å²) < 4.78 is 0. The summed E-state index contributed by atoms with van der Waals surface area (Å²) >= 11 is 0. The molecule has 1 rings (SSSR count). The van der Waals surface area contributed by atoms with Crippen molar-refractivity contribution in [2.24, 2.45) is 5.92 Å². The Morgan fingerprint density at radius 3 is 2.00 bits per heavy atom. The zero-order chi connectivity index (χ0) is 7.28. The van der Waals surface area contributed by atoms with E-state index in [1.165, 1.54) is 19.5 Å². The van der Waals surface area contributed by atoms with Gasteiger partial charge in [0.25, 0.3) is 0 Å². The first-order valence-electron chi connectivity index (χ1n) is 3.38. The van der Waals surface area contributed by atoms with Crippen LogP contribution < -0.4 is 56.5 Å². The fourth-order valence-corrected chi connectivity index (χ4v) is 1.16. The van der Waals surface area contributed by atoms with Gasteiger partial charge in [-0.3, -0.25) is 0 Å². The summed E-state index contributed by atoms with van der Waals surface area (Å²) in [6.07, 6.45) is 1.40. The van der Waals surface area contributed by atoms with E-state index >= 15 is 0 Å². The summed E-state index contributed by atoms with van der Waals surface area (Å²) in [4.78, 5) is 2.38. The van der Waals surface area contributed by atoms with Gasteiger partial charge in [-0.1, -0.05) is 6.92 Å². The largest absolute Gasteiger partial charge is 1.00 e. The van der Waals surface area contributed by atoms with Gasteiger partial charge in [0.1, 0.15) is 0 Å². The van der Waals surface area contributed by atoms with Crippen molar-refractivity contribution in [2.75, 3.05) is 27.2 Å². The molecule has 2 nitrogen and oxygen atoms in total. The first-order valence-corrected chi connectivity index (χ1v) is 3.38. The average molecular weight is 169 g/mol. The van der Waals surface area contributed by atoms with Gasteiger partial charge in [0.15, 0.2) is 0 Å². The van der Waals surface area contributed by atoms with Gasteiger partial charge in [0, 0.05) is 6.54 Å². The summed E-state index contributed by atoms with van der Waals surface area (Å²) in [6, 6.07) is 0. The van der Waals surface area contributed by atoms with E-state index in [2.05, 4.69) is 18.9 Å². The smallest absolute Gasteiger partial charge is 0.857 e. The minimum atomic E-state index is 0. The van der Waals surface area contributed by atoms with E-state index < -0.39 is 0 Å². The Morgan fingerprint density at radius 2 is 1.90 bits per heavy atom. The molecule has 1 aliphatic heterocycles. The number of hydrogen-bond donors (Lipinski definition) is 0. The van der Waals surface area contributed by atoms with Gasteiger partial charge in [0.2, 0.25) is 0 Å². The molecule has 0 aromatic carbocycles. The van der Waals surface area contributed by atoms with Gasteiger partial charge in [0.05, 0.1) is 0 Å². The van der Waals surface area contributed by atoms with Crippen molar-refractivity contribution in [1.82, 2.24) is 4.90 Å². The summed E-state index contributed by atoms with van der Waals surface area (Å²) in [5, 5.41) is 8.25. The molecule has 0 saturated carbocycles. The molecule has 0 bridgehead atoms. The minimum absolute atomic E-state index is 0. The van der Waals surface area contributed by atoms with Crippen LogP contribution in [-0.4, -0.2) is 32.1 Å². The Kier molecular flexibility index (Phi) is 12.2. The molecule has 1 heterocycles. The van der Waals surface area contributed by atoms with Crippen LogP contribution >= 0.6 is 0 Å². The van der Waals surface area contributed by atoms with Crippen molar-refractivity contribution in [2.45, 2.75) is 13.3 Å². The zero-order valence-electron chi connectivity index (χ0n) is 7.55. The molecule has 0 aromatic heterocycles. The van der Waals surface area contributed by atoms with E-state index in [-0.39, 0.29) is 51.4 Å². The molecule has 0 aromatic rings. The van der Waals surface area contributed by atoms with Crippen molar-refractivity contribution >= 4 is 0 Å². The van der Waals surface area contributed by atoms with Crippen molar-refractivity contribution < 1.29 is 56.5 Å². The fourth-order valence-electron chi connectivity index (χ4n) is 1.16. The van der Waals surface area contributed by atoms with Gasteiger partial charge < -0.3 is 10.0 Å². The summed E-state index contributed by atoms with van der Waals surface area (Å²) in [6.45, 7) is 4.92. The minimum Gasteiger partial charge on any atom is -0.857 e. The zero-order valence-corrected chi connectivity index (χ0v) is 10.7. The molecule has 1 fully saturated rings. The van der Waals surface area contributed by atoms with Crippen LogP contribution in [0.15, 0.2) is 0 Å². The Bertz CT molecular complexity index is 62.6. The predicted molar refractivity (Wildman–Crippen MR) is 37.2 cm³/mol. The first-order chi connectivity index (χ1) is 4.29. The number of rotatable bonds is 0. The molecule has 0 aliphatic carbocycles. The Hall–Kier alpha value is 1.56. The van der Waals surface area contributed by atoms with E-state index in [0.29, 0.717) is 0 Å². The summed E-state index contributed by atoms with van der Waals surface area (Å²) in [5.74, 6) is 0.949. The Morgan fingerprint density at radius 1 is 1.40 bits per heavy atom. The van der Waals surface area contributed by atoms with Crippen LogP contribution in [0.25, 0.3) is 0 Å². The molecular weight excluding hydrogens is 153 g/mol. The summed E-state index contributed by atoms with van der Waals surface area (Å²) in [5.41, 5.74) is 0. The van der Waals surface area contributed by atoms with Crippen LogP contribution in [0.3, 0.4) is 0 Å². The standard InChI is InChI=1S/C6H13N.CH3O.K/c1-6-3-4-7(2)5-6;1-2;/h6H,3-5H2,1-2H3;1H3;/q;-1;+1/t6-;;/m1../s1. The molecule has 0 amide bonds. The van der Waals surface area contributed by atoms with Gasteiger partial charge in [-0.15, -0.1) is 0 Å². The van der Waals surface area contributed by atoms with E-state index in [0.717, 1.165) is 13.0 Å². The van der Waals surface area contributed by atoms with Gasteiger partial charge in [-0.2, -0.15) is 7.11 Å². The molecule has 10 heavy (non-hydrogen) atoms. The maximum absolute atomic E-state index is 8.25. The van der Waals surface area contributed by atoms with E-state index in [1.54, 1.807) is 0 Å². The normalized spacial score (nSPS) is 24.6. The Labute approximate surface area is 106 Å². The van der Waals surface area contributed by atoms with Crippen LogP contribution in [0.2, 0.25) is 0 Å². The second-order valence-electron chi connectivity index (χ2n) is 2.66. The number of hydrogen-bond acceptors (Lipinski definition) is 2. The molecular formula is C7H16KNO. The molecule has 56 valence electrons. The van der Waals surface area contributed by atoms with Gasteiger partial charge in [-0.05, 0) is 25.9 Å². The summed E-state index contributed by atoms with van der Waals surface area (Å²) in [7, 11) is 2.93. The molecule has 0 radical (unpaired) electrons. The van der Waals surface area contributed by atoms with Crippen molar-refractivity contribution in [1.29, 1.82) is 0 Å². The second-order valence-corrected chi connectivity index (χ2v) is 2.66. The molecule has 3 heteroatoms. The van der Waals surface area contributed by atoms with Crippen molar-refractivity contribution in [3.8, 4) is 0 Å². The van der Waals surface area contributed by atoms with Crippen molar-refractivity contribution in [3.05, 3.63) is 0 Å². The van der Waals surface area contributed by atoms with Crippen LogP contribution in [-0.2, 0) is 0 Å². The monoisotopic (exact) mass is 169 g/mol. The molecule has 0 spiro atoms. The Balaban J connectivity index is 0. The van der Waals surface area contributed by atoms with E-state index in [9.17, 15) is 0 Å². The van der Waals surface area contributed by atoms with Crippen molar-refractivity contribution in [3.63, 3.8) is 0 Å². The third-order valence-electron chi connectivity index (χ3n) is 1.63. The molecule has 1 saturated heterocycles. The quantitative estimate of drug-likeness (QED) is 0.360. The SMILES string of the molecule is C[C@@H]1CCN(C)C1.C[O-].[K+]. The van der Waals surface area contributed by atoms with Crippen LogP contribution in [0.4, 0.5) is 0 Å². The first kappa shape index (κ1) is 14.1. The van der Waals surface area contributed by atoms with Crippen LogP contribution in [0, 0.1) is 5.92 Å². The molecule has 0 unspecified atom stereocenters. The topological polar surface area (TPSA) is 26.3 Å². The number of nitrogens with zero attached hydrogens (tertiary/aromatic N) is 1. The predicted octanol–water partition coefficient (Wildman–Crippen LogP) is -3.06. The number of likely N-dealkylation sites (tertiary alicyclic amines) is 1. The van der Waals surface area contributed by atoms with Crippen LogP contribution in [0.1, 0.15) is 13.3 Å². The molecule has 0 N–H and O–H groups in total. The van der Waals surface area contributed by atoms with Crippen LogP contribution in [0.5, 0.6) is 0 Å². The van der Waals surface area contributed by atoms with E-state index in [1.807, 2.05) is 0 Å².